The molecule has 0 amide bonds. The van der Waals surface area contributed by atoms with Crippen LogP contribution < -0.4 is 15.0 Å². The van der Waals surface area contributed by atoms with Gasteiger partial charge in [0, 0.05) is 28.3 Å². The average Bonchev–Trinajstić information content (AvgIpc) is 2.75. The van der Waals surface area contributed by atoms with E-state index in [0.29, 0.717) is 12.1 Å². The third kappa shape index (κ3) is 3.99. The second kappa shape index (κ2) is 8.19. The van der Waals surface area contributed by atoms with Gasteiger partial charge >= 0.3 is 0 Å². The van der Waals surface area contributed by atoms with Crippen LogP contribution in [0.2, 0.25) is 0 Å². The molecular formula is C24H24N3O2+. The number of hydrogen-bond acceptors (Lipinski definition) is 4. The molecule has 29 heavy (non-hydrogen) atoms. The summed E-state index contributed by atoms with van der Waals surface area (Å²) in [5, 5.41) is 15.5. The summed E-state index contributed by atoms with van der Waals surface area (Å²) in [5.74, 6) is 1.86. The van der Waals surface area contributed by atoms with Gasteiger partial charge in [-0.2, -0.15) is 0 Å². The summed E-state index contributed by atoms with van der Waals surface area (Å²) in [6.07, 6.45) is 1.86. The number of aromatic hydroxyl groups is 1. The summed E-state index contributed by atoms with van der Waals surface area (Å²) in [6, 6.07) is 21.4. The Labute approximate surface area is 170 Å². The van der Waals surface area contributed by atoms with E-state index in [2.05, 4.69) is 15.3 Å². The summed E-state index contributed by atoms with van der Waals surface area (Å²) in [7, 11) is 0. The van der Waals surface area contributed by atoms with Crippen molar-refractivity contribution in [1.82, 2.24) is 4.98 Å². The zero-order valence-electron chi connectivity index (χ0n) is 16.5. The molecule has 0 fully saturated rings. The van der Waals surface area contributed by atoms with Gasteiger partial charge in [0.05, 0.1) is 12.8 Å². The van der Waals surface area contributed by atoms with Crippen molar-refractivity contribution in [3.8, 4) is 11.5 Å². The molecule has 0 saturated heterocycles. The van der Waals surface area contributed by atoms with Crippen molar-refractivity contribution in [1.29, 1.82) is 0 Å². The number of nitrogens with zero attached hydrogens (tertiary/aromatic N) is 1. The van der Waals surface area contributed by atoms with Crippen LogP contribution in [0, 0.1) is 6.92 Å². The van der Waals surface area contributed by atoms with Crippen molar-refractivity contribution in [3.63, 3.8) is 0 Å². The van der Waals surface area contributed by atoms with Crippen LogP contribution in [-0.4, -0.2) is 16.7 Å². The summed E-state index contributed by atoms with van der Waals surface area (Å²) < 4.78 is 5.57. The SMILES string of the molecule is CCOc1ccc(C(Nc2cccc[nH+]2)c2ccc3ccc(C)nc3c2O)cc1. The molecule has 4 aromatic rings. The molecule has 146 valence electrons. The minimum atomic E-state index is -0.268. The Bertz CT molecular complexity index is 1110. The number of pyridine rings is 2. The Morgan fingerprint density at radius 2 is 1.83 bits per heavy atom. The van der Waals surface area contributed by atoms with E-state index in [0.717, 1.165) is 33.8 Å². The van der Waals surface area contributed by atoms with E-state index in [4.69, 9.17) is 4.74 Å². The number of H-pyrrole nitrogens is 1. The third-order valence-electron chi connectivity index (χ3n) is 4.85. The minimum Gasteiger partial charge on any atom is -0.505 e. The Morgan fingerprint density at radius 1 is 1.03 bits per heavy atom. The highest BCUT2D eigenvalue weighted by Crippen LogP contribution is 2.36. The summed E-state index contributed by atoms with van der Waals surface area (Å²) >= 11 is 0. The van der Waals surface area contributed by atoms with Crippen molar-refractivity contribution in [2.75, 3.05) is 11.9 Å². The van der Waals surface area contributed by atoms with Crippen LogP contribution in [0.25, 0.3) is 10.9 Å². The van der Waals surface area contributed by atoms with Gasteiger partial charge in [0.2, 0.25) is 0 Å². The van der Waals surface area contributed by atoms with Crippen LogP contribution in [0.4, 0.5) is 5.82 Å². The lowest BCUT2D eigenvalue weighted by Gasteiger charge is -2.18. The van der Waals surface area contributed by atoms with E-state index in [-0.39, 0.29) is 11.8 Å². The first kappa shape index (κ1) is 18.7. The highest BCUT2D eigenvalue weighted by Gasteiger charge is 2.24. The molecule has 2 aromatic heterocycles. The Balaban J connectivity index is 1.81. The molecular weight excluding hydrogens is 362 g/mol. The number of rotatable bonds is 6. The lowest BCUT2D eigenvalue weighted by atomic mass is 9.96. The molecule has 5 heteroatoms. The lowest BCUT2D eigenvalue weighted by molar-refractivity contribution is -0.361. The summed E-state index contributed by atoms with van der Waals surface area (Å²) in [4.78, 5) is 7.75. The topological polar surface area (TPSA) is 68.5 Å². The lowest BCUT2D eigenvalue weighted by Crippen LogP contribution is -2.19. The molecule has 1 atom stereocenters. The standard InChI is InChI=1S/C24H23N3O2/c1-3-29-19-12-9-17(10-13-19)22(27-21-6-4-5-15-25-21)20-14-11-18-8-7-16(2)26-23(18)24(20)28/h4-15,22,28H,3H2,1-2H3,(H,25,27)/p+1. The van der Waals surface area contributed by atoms with E-state index in [9.17, 15) is 5.11 Å². The van der Waals surface area contributed by atoms with E-state index >= 15 is 0 Å². The van der Waals surface area contributed by atoms with Gasteiger partial charge in [-0.25, -0.2) is 9.97 Å². The summed E-state index contributed by atoms with van der Waals surface area (Å²) in [6.45, 7) is 4.51. The number of aromatic amines is 1. The number of phenols is 1. The molecule has 0 bridgehead atoms. The second-order valence-corrected chi connectivity index (χ2v) is 6.88. The van der Waals surface area contributed by atoms with E-state index in [1.165, 1.54) is 0 Å². The van der Waals surface area contributed by atoms with E-state index in [1.54, 1.807) is 0 Å². The van der Waals surface area contributed by atoms with Crippen LogP contribution in [0.5, 0.6) is 11.5 Å². The first-order valence-electron chi connectivity index (χ1n) is 9.71. The molecule has 3 N–H and O–H groups in total. The number of aryl methyl sites for hydroxylation is 1. The van der Waals surface area contributed by atoms with Gasteiger partial charge in [-0.15, -0.1) is 0 Å². The van der Waals surface area contributed by atoms with Crippen LogP contribution >= 0.6 is 0 Å². The molecule has 4 rings (SSSR count). The number of ether oxygens (including phenoxy) is 1. The van der Waals surface area contributed by atoms with Crippen molar-refractivity contribution >= 4 is 16.7 Å². The number of benzene rings is 2. The molecule has 0 aliphatic carbocycles. The molecule has 0 aliphatic rings. The highest BCUT2D eigenvalue weighted by molar-refractivity contribution is 5.86. The van der Waals surface area contributed by atoms with Crippen LogP contribution in [0.15, 0.2) is 72.9 Å². The number of anilines is 1. The zero-order chi connectivity index (χ0) is 20.2. The van der Waals surface area contributed by atoms with Gasteiger partial charge in [0.25, 0.3) is 5.82 Å². The molecule has 0 radical (unpaired) electrons. The Kier molecular flexibility index (Phi) is 5.29. The number of phenolic OH excluding ortho intramolecular Hbond substituents is 1. The fraction of sp³-hybridized carbons (Fsp3) is 0.167. The van der Waals surface area contributed by atoms with Crippen LogP contribution in [0.1, 0.15) is 29.8 Å². The van der Waals surface area contributed by atoms with E-state index < -0.39 is 0 Å². The quantitative estimate of drug-likeness (QED) is 0.506. The van der Waals surface area contributed by atoms with Crippen molar-refractivity contribution < 1.29 is 14.8 Å². The first-order chi connectivity index (χ1) is 14.2. The zero-order valence-corrected chi connectivity index (χ0v) is 16.5. The molecule has 5 nitrogen and oxygen atoms in total. The summed E-state index contributed by atoms with van der Waals surface area (Å²) in [5.41, 5.74) is 3.24. The number of hydrogen-bond donors (Lipinski definition) is 2. The largest absolute Gasteiger partial charge is 0.505 e. The maximum atomic E-state index is 11.1. The van der Waals surface area contributed by atoms with Crippen molar-refractivity contribution in [2.45, 2.75) is 19.9 Å². The fourth-order valence-electron chi connectivity index (χ4n) is 3.42. The molecule has 0 saturated carbocycles. The predicted molar refractivity (Wildman–Crippen MR) is 114 cm³/mol. The monoisotopic (exact) mass is 386 g/mol. The van der Waals surface area contributed by atoms with Gasteiger partial charge in [-0.05, 0) is 44.2 Å². The van der Waals surface area contributed by atoms with Gasteiger partial charge in [-0.3, -0.25) is 5.32 Å². The normalized spacial score (nSPS) is 11.9. The minimum absolute atomic E-state index is 0.188. The molecule has 2 heterocycles. The van der Waals surface area contributed by atoms with Gasteiger partial charge in [0.15, 0.2) is 0 Å². The van der Waals surface area contributed by atoms with Crippen LogP contribution in [0.3, 0.4) is 0 Å². The Morgan fingerprint density at radius 3 is 2.55 bits per heavy atom. The fourth-order valence-corrected chi connectivity index (χ4v) is 3.42. The number of fused-ring (bicyclic) bond motifs is 1. The third-order valence-corrected chi connectivity index (χ3v) is 4.85. The maximum Gasteiger partial charge on any atom is 0.272 e. The van der Waals surface area contributed by atoms with Gasteiger partial charge < -0.3 is 9.84 Å². The van der Waals surface area contributed by atoms with Crippen molar-refractivity contribution in [3.05, 3.63) is 89.7 Å². The Hall–Kier alpha value is -3.60. The first-order valence-corrected chi connectivity index (χ1v) is 9.71. The molecule has 1 unspecified atom stereocenters. The second-order valence-electron chi connectivity index (χ2n) is 6.88. The number of aromatic nitrogens is 2. The van der Waals surface area contributed by atoms with Gasteiger partial charge in [-0.1, -0.05) is 30.3 Å². The smallest absolute Gasteiger partial charge is 0.272 e. The van der Waals surface area contributed by atoms with E-state index in [1.807, 2.05) is 86.8 Å². The molecule has 0 spiro atoms. The highest BCUT2D eigenvalue weighted by atomic mass is 16.5. The molecule has 0 aliphatic heterocycles. The van der Waals surface area contributed by atoms with Gasteiger partial charge in [0.1, 0.15) is 23.1 Å². The van der Waals surface area contributed by atoms with Crippen LogP contribution in [-0.2, 0) is 0 Å². The maximum absolute atomic E-state index is 11.1. The predicted octanol–water partition coefficient (Wildman–Crippen LogP) is 4.66. The van der Waals surface area contributed by atoms with Crippen molar-refractivity contribution in [2.24, 2.45) is 0 Å². The molecule has 2 aromatic carbocycles. The average molecular weight is 386 g/mol. The number of nitrogens with one attached hydrogen (secondary N) is 2.